The average molecular weight is 1090 g/mol. The fraction of sp³-hybridized carbons (Fsp3) is 0.762. The molecule has 2 aliphatic heterocycles. The van der Waals surface area contributed by atoms with Gasteiger partial charge < -0.3 is 65.1 Å². The zero-order chi connectivity index (χ0) is 56.0. The van der Waals surface area contributed by atoms with Crippen molar-refractivity contribution in [3.8, 4) is 0 Å². The van der Waals surface area contributed by atoms with Gasteiger partial charge in [0.15, 0.2) is 12.6 Å². The summed E-state index contributed by atoms with van der Waals surface area (Å²) in [5.74, 6) is -0.323. The minimum absolute atomic E-state index is 0.152. The van der Waals surface area contributed by atoms with Crippen LogP contribution in [0.1, 0.15) is 213 Å². The highest BCUT2D eigenvalue weighted by Gasteiger charge is 2.51. The Morgan fingerprint density at radius 2 is 0.896 bits per heavy atom. The summed E-state index contributed by atoms with van der Waals surface area (Å²) in [6.07, 6.45) is 47.8. The summed E-state index contributed by atoms with van der Waals surface area (Å²) in [4.78, 5) is 13.2. The van der Waals surface area contributed by atoms with Crippen LogP contribution >= 0.6 is 0 Å². The van der Waals surface area contributed by atoms with Crippen molar-refractivity contribution in [2.45, 2.75) is 286 Å². The monoisotopic (exact) mass is 1090 g/mol. The van der Waals surface area contributed by atoms with Crippen LogP contribution in [-0.2, 0) is 23.7 Å². The Morgan fingerprint density at radius 1 is 0.481 bits per heavy atom. The second-order valence-electron chi connectivity index (χ2n) is 21.1. The fourth-order valence-electron chi connectivity index (χ4n) is 9.49. The highest BCUT2D eigenvalue weighted by molar-refractivity contribution is 5.76. The molecule has 2 fully saturated rings. The molecule has 14 nitrogen and oxygen atoms in total. The highest BCUT2D eigenvalue weighted by Crippen LogP contribution is 2.30. The molecule has 0 spiro atoms. The van der Waals surface area contributed by atoms with Crippen molar-refractivity contribution in [1.82, 2.24) is 5.32 Å². The van der Waals surface area contributed by atoms with E-state index in [0.717, 1.165) is 64.2 Å². The zero-order valence-electron chi connectivity index (χ0n) is 47.7. The molecule has 0 aromatic carbocycles. The number of carbonyl (C=O) groups is 1. The Hall–Kier alpha value is -2.83. The maximum absolute atomic E-state index is 13.2. The van der Waals surface area contributed by atoms with Crippen molar-refractivity contribution in [2.75, 3.05) is 19.8 Å². The molecule has 14 heteroatoms. The number of hydrogen-bond donors (Lipinski definition) is 9. The third-order valence-corrected chi connectivity index (χ3v) is 14.4. The van der Waals surface area contributed by atoms with E-state index in [4.69, 9.17) is 18.9 Å². The Balaban J connectivity index is 1.79. The SMILES string of the molecule is CC/C=C\C/C=C\C/C=C\C/C=C\C/C=C\C/C=C\CCC(=O)NC(COC1OC(CO)C(OC2OC(CO)C(O)C(O)C2O)C(O)C1O)C(O)/C=C/CCCCCCCCCCCCCCCCCCCCCCCC. The number of ether oxygens (including phenoxy) is 4. The van der Waals surface area contributed by atoms with Crippen molar-refractivity contribution in [3.05, 3.63) is 85.1 Å². The lowest BCUT2D eigenvalue weighted by Crippen LogP contribution is -2.65. The van der Waals surface area contributed by atoms with E-state index in [-0.39, 0.29) is 18.9 Å². The molecule has 0 aromatic heterocycles. The summed E-state index contributed by atoms with van der Waals surface area (Å²) < 4.78 is 22.7. The number of aliphatic hydroxyl groups excluding tert-OH is 8. The first kappa shape index (κ1) is 70.3. The van der Waals surface area contributed by atoms with Gasteiger partial charge in [-0.2, -0.15) is 0 Å². The summed E-state index contributed by atoms with van der Waals surface area (Å²) in [5, 5.41) is 87.1. The summed E-state index contributed by atoms with van der Waals surface area (Å²) >= 11 is 0. The number of allylic oxidation sites excluding steroid dienone is 13. The van der Waals surface area contributed by atoms with Crippen LogP contribution in [0.25, 0.3) is 0 Å². The van der Waals surface area contributed by atoms with Gasteiger partial charge in [0.1, 0.15) is 48.8 Å². The van der Waals surface area contributed by atoms with Crippen LogP contribution in [0.3, 0.4) is 0 Å². The minimum atomic E-state index is -1.80. The van der Waals surface area contributed by atoms with E-state index in [0.29, 0.717) is 6.42 Å². The molecule has 0 aliphatic carbocycles. The predicted octanol–water partition coefficient (Wildman–Crippen LogP) is 10.5. The van der Waals surface area contributed by atoms with E-state index in [1.54, 1.807) is 6.08 Å². The van der Waals surface area contributed by atoms with E-state index >= 15 is 0 Å². The van der Waals surface area contributed by atoms with Crippen LogP contribution in [0.2, 0.25) is 0 Å². The molecule has 0 saturated carbocycles. The molecule has 1 amide bonds. The maximum atomic E-state index is 13.2. The van der Waals surface area contributed by atoms with E-state index in [1.807, 2.05) is 18.2 Å². The van der Waals surface area contributed by atoms with Crippen LogP contribution in [-0.4, -0.2) is 140 Å². The Kier molecular flexibility index (Phi) is 43.7. The molecular formula is C63H109NO13. The van der Waals surface area contributed by atoms with E-state index in [1.165, 1.54) is 122 Å². The topological polar surface area (TPSA) is 228 Å². The molecule has 9 N–H and O–H groups in total. The molecule has 0 aromatic rings. The Bertz CT molecular complexity index is 1610. The fourth-order valence-corrected chi connectivity index (χ4v) is 9.49. The first-order chi connectivity index (χ1) is 37.6. The number of aliphatic hydroxyl groups is 8. The van der Waals surface area contributed by atoms with Gasteiger partial charge in [-0.25, -0.2) is 0 Å². The summed E-state index contributed by atoms with van der Waals surface area (Å²) in [6, 6.07) is -0.961. The largest absolute Gasteiger partial charge is 0.394 e. The van der Waals surface area contributed by atoms with Crippen LogP contribution in [0.4, 0.5) is 0 Å². The lowest BCUT2D eigenvalue weighted by molar-refractivity contribution is -0.359. The van der Waals surface area contributed by atoms with Crippen molar-refractivity contribution in [2.24, 2.45) is 0 Å². The molecule has 2 aliphatic rings. The number of unbranched alkanes of at least 4 members (excludes halogenated alkanes) is 22. The molecule has 0 radical (unpaired) electrons. The van der Waals surface area contributed by atoms with Gasteiger partial charge in [-0.15, -0.1) is 0 Å². The van der Waals surface area contributed by atoms with Gasteiger partial charge in [0, 0.05) is 6.42 Å². The molecule has 2 heterocycles. The van der Waals surface area contributed by atoms with Crippen molar-refractivity contribution < 1.29 is 64.6 Å². The standard InChI is InChI=1S/C63H109NO13/c1-3-5-7-9-11-13-15-17-19-21-23-24-25-26-27-29-30-32-34-36-38-40-42-44-46-52(67)51(64-55(68)47-45-43-41-39-37-35-33-31-28-22-20-18-16-14-12-10-8-6-4-2)50-74-62-60(73)58(71)61(54(49-66)76-62)77-63-59(72)57(70)56(69)53(48-65)75-63/h6,8,12,14,18,20,28,31,35,37,41,43-44,46,51-54,56-63,65-67,69-73H,3-5,7,9-11,13,15-17,19,21-27,29-30,32-34,36,38-40,42,45,47-50H2,1-2H3,(H,64,68)/b8-6-,14-12-,20-18-,31-28-,37-35-,43-41-,46-44+. The number of hydrogen-bond acceptors (Lipinski definition) is 13. The molecule has 2 saturated heterocycles. The number of nitrogens with one attached hydrogen (secondary N) is 1. The summed E-state index contributed by atoms with van der Waals surface area (Å²) in [7, 11) is 0. The van der Waals surface area contributed by atoms with Crippen LogP contribution in [0, 0.1) is 0 Å². The van der Waals surface area contributed by atoms with Crippen molar-refractivity contribution in [1.29, 1.82) is 0 Å². The van der Waals surface area contributed by atoms with Crippen molar-refractivity contribution in [3.63, 3.8) is 0 Å². The van der Waals surface area contributed by atoms with E-state index < -0.39 is 86.8 Å². The minimum Gasteiger partial charge on any atom is -0.394 e. The molecule has 12 unspecified atom stereocenters. The third kappa shape index (κ3) is 33.5. The lowest BCUT2D eigenvalue weighted by Gasteiger charge is -2.46. The van der Waals surface area contributed by atoms with Crippen LogP contribution < -0.4 is 5.32 Å². The van der Waals surface area contributed by atoms with Gasteiger partial charge in [-0.1, -0.05) is 234 Å². The number of rotatable bonds is 47. The van der Waals surface area contributed by atoms with Crippen LogP contribution in [0.5, 0.6) is 0 Å². The van der Waals surface area contributed by atoms with Crippen molar-refractivity contribution >= 4 is 5.91 Å². The van der Waals surface area contributed by atoms with Gasteiger partial charge >= 0.3 is 0 Å². The number of amides is 1. The van der Waals surface area contributed by atoms with E-state index in [2.05, 4.69) is 79.9 Å². The van der Waals surface area contributed by atoms with Crippen LogP contribution in [0.15, 0.2) is 85.1 Å². The second-order valence-corrected chi connectivity index (χ2v) is 21.1. The second kappa shape index (κ2) is 47.9. The zero-order valence-corrected chi connectivity index (χ0v) is 47.7. The Labute approximate surface area is 465 Å². The van der Waals surface area contributed by atoms with Gasteiger partial charge in [-0.3, -0.25) is 4.79 Å². The molecule has 77 heavy (non-hydrogen) atoms. The smallest absolute Gasteiger partial charge is 0.220 e. The third-order valence-electron chi connectivity index (χ3n) is 14.4. The number of carbonyl (C=O) groups excluding carboxylic acids is 1. The van der Waals surface area contributed by atoms with E-state index in [9.17, 15) is 45.6 Å². The summed E-state index contributed by atoms with van der Waals surface area (Å²) in [5.41, 5.74) is 0. The van der Waals surface area contributed by atoms with Gasteiger partial charge in [-0.05, 0) is 57.8 Å². The molecule has 444 valence electrons. The van der Waals surface area contributed by atoms with Gasteiger partial charge in [0.2, 0.25) is 5.91 Å². The van der Waals surface area contributed by atoms with Gasteiger partial charge in [0.25, 0.3) is 0 Å². The molecule has 2 rings (SSSR count). The lowest BCUT2D eigenvalue weighted by atomic mass is 9.97. The molecule has 12 atom stereocenters. The first-order valence-electron chi connectivity index (χ1n) is 30.3. The maximum Gasteiger partial charge on any atom is 0.220 e. The average Bonchev–Trinajstić information content (AvgIpc) is 3.44. The van der Waals surface area contributed by atoms with Gasteiger partial charge in [0.05, 0.1) is 32.0 Å². The highest BCUT2D eigenvalue weighted by atomic mass is 16.7. The Morgan fingerprint density at radius 3 is 1.35 bits per heavy atom. The normalized spacial score (nSPS) is 25.3. The first-order valence-corrected chi connectivity index (χ1v) is 30.3. The quantitative estimate of drug-likeness (QED) is 0.0204. The predicted molar refractivity (Wildman–Crippen MR) is 309 cm³/mol. The molecular weight excluding hydrogens is 979 g/mol. The summed E-state index contributed by atoms with van der Waals surface area (Å²) in [6.45, 7) is 2.64. The molecule has 0 bridgehead atoms.